The number of nitro benzene ring substituents is 1. The van der Waals surface area contributed by atoms with Crippen LogP contribution < -0.4 is 29.1 Å². The van der Waals surface area contributed by atoms with Crippen molar-refractivity contribution in [2.24, 2.45) is 4.99 Å². The molecule has 0 unspecified atom stereocenters. The van der Waals surface area contributed by atoms with Crippen LogP contribution in [0.1, 0.15) is 43.5 Å². The lowest BCUT2D eigenvalue weighted by molar-refractivity contribution is -0.384. The van der Waals surface area contributed by atoms with Crippen LogP contribution in [0.2, 0.25) is 0 Å². The smallest absolute Gasteiger partial charge is 0.338 e. The number of methoxy groups -OCH3 is 1. The lowest BCUT2D eigenvalue weighted by atomic mass is 9.96. The minimum atomic E-state index is -0.763. The number of carbonyl (C=O) groups excluding carboxylic acids is 1. The first-order valence-corrected chi connectivity index (χ1v) is 15.0. The quantitative estimate of drug-likeness (QED) is 0.133. The number of fused-ring (bicyclic) bond motifs is 1. The van der Waals surface area contributed by atoms with E-state index in [1.165, 1.54) is 35.1 Å². The maximum atomic E-state index is 14.1. The molecule has 0 bridgehead atoms. The van der Waals surface area contributed by atoms with Crippen molar-refractivity contribution in [1.29, 1.82) is 0 Å². The predicted octanol–water partition coefficient (Wildman–Crippen LogP) is 4.69. The molecule has 1 aliphatic heterocycles. The van der Waals surface area contributed by atoms with Crippen molar-refractivity contribution in [2.75, 3.05) is 20.3 Å². The van der Waals surface area contributed by atoms with Crippen molar-refractivity contribution in [3.8, 4) is 17.2 Å². The van der Waals surface area contributed by atoms with E-state index in [4.69, 9.17) is 18.9 Å². The fourth-order valence-corrected chi connectivity index (χ4v) is 6.03. The third-order valence-corrected chi connectivity index (χ3v) is 8.05. The van der Waals surface area contributed by atoms with E-state index < -0.39 is 16.9 Å². The van der Waals surface area contributed by atoms with Crippen molar-refractivity contribution in [3.63, 3.8) is 0 Å². The van der Waals surface area contributed by atoms with E-state index >= 15 is 0 Å². The van der Waals surface area contributed by atoms with Crippen molar-refractivity contribution < 1.29 is 28.7 Å². The average Bonchev–Trinajstić information content (AvgIpc) is 3.34. The third kappa shape index (κ3) is 6.50. The van der Waals surface area contributed by atoms with Gasteiger partial charge in [0, 0.05) is 17.7 Å². The van der Waals surface area contributed by atoms with Gasteiger partial charge >= 0.3 is 5.97 Å². The van der Waals surface area contributed by atoms with E-state index in [-0.39, 0.29) is 30.0 Å². The molecule has 5 rings (SSSR count). The van der Waals surface area contributed by atoms with Gasteiger partial charge in [-0.15, -0.1) is 0 Å². The van der Waals surface area contributed by atoms with Gasteiger partial charge in [-0.05, 0) is 68.3 Å². The molecule has 0 amide bonds. The Morgan fingerprint density at radius 2 is 1.78 bits per heavy atom. The molecule has 0 saturated heterocycles. The van der Waals surface area contributed by atoms with Crippen LogP contribution in [0.5, 0.6) is 17.2 Å². The number of hydrogen-bond donors (Lipinski definition) is 0. The van der Waals surface area contributed by atoms with Crippen molar-refractivity contribution in [3.05, 3.63) is 124 Å². The predicted molar refractivity (Wildman–Crippen MR) is 168 cm³/mol. The number of para-hydroxylation sites is 1. The fourth-order valence-electron chi connectivity index (χ4n) is 4.99. The second kappa shape index (κ2) is 13.6. The summed E-state index contributed by atoms with van der Waals surface area (Å²) in [5.41, 5.74) is 2.40. The van der Waals surface area contributed by atoms with Gasteiger partial charge in [0.25, 0.3) is 11.2 Å². The van der Waals surface area contributed by atoms with Crippen molar-refractivity contribution in [1.82, 2.24) is 4.57 Å². The number of hydrogen-bond acceptors (Lipinski definition) is 10. The summed E-state index contributed by atoms with van der Waals surface area (Å²) < 4.78 is 24.6. The number of nitro groups is 1. The topological polar surface area (TPSA) is 131 Å². The summed E-state index contributed by atoms with van der Waals surface area (Å²) in [5.74, 6) is 0.981. The van der Waals surface area contributed by atoms with Gasteiger partial charge in [0.1, 0.15) is 12.4 Å². The van der Waals surface area contributed by atoms with E-state index in [1.54, 1.807) is 62.4 Å². The molecule has 2 heterocycles. The Balaban J connectivity index is 1.59. The first kappa shape index (κ1) is 31.2. The van der Waals surface area contributed by atoms with E-state index in [1.807, 2.05) is 19.1 Å². The first-order chi connectivity index (χ1) is 21.7. The molecular weight excluding hydrogens is 598 g/mol. The molecule has 0 saturated carbocycles. The summed E-state index contributed by atoms with van der Waals surface area (Å²) in [5, 5.41) is 11.0. The monoisotopic (exact) mass is 629 g/mol. The minimum absolute atomic E-state index is 0.0167. The molecule has 11 nitrogen and oxygen atoms in total. The standard InChI is InChI=1S/C33H31N3O8S/c1-5-42-25-16-12-22(13-17-25)29-28(32(38)43-6-2)20(3)34-33-35(29)31(37)27(45-33)18-23-8-7-9-26(41-4)30(23)44-19-21-10-14-24(15-11-21)36(39)40/h7-18,29H,5-6,19H2,1-4H3/b27-18-/t29-/m0/s1. The Hall–Kier alpha value is -5.23. The lowest BCUT2D eigenvalue weighted by Crippen LogP contribution is -2.39. The molecule has 0 radical (unpaired) electrons. The molecule has 0 spiro atoms. The number of ether oxygens (including phenoxy) is 4. The van der Waals surface area contributed by atoms with E-state index in [2.05, 4.69) is 4.99 Å². The molecule has 0 N–H and O–H groups in total. The summed E-state index contributed by atoms with van der Waals surface area (Å²) in [6, 6.07) is 17.9. The summed E-state index contributed by atoms with van der Waals surface area (Å²) in [4.78, 5) is 42.9. The molecule has 0 fully saturated rings. The zero-order valence-electron chi connectivity index (χ0n) is 25.1. The number of allylic oxidation sites excluding steroid dienone is 1. The number of aromatic nitrogens is 1. The number of nitrogens with zero attached hydrogens (tertiary/aromatic N) is 3. The van der Waals surface area contributed by atoms with Gasteiger partial charge in [0.15, 0.2) is 16.3 Å². The zero-order chi connectivity index (χ0) is 32.1. The molecular formula is C33H31N3O8S. The van der Waals surface area contributed by atoms with Gasteiger partial charge < -0.3 is 18.9 Å². The van der Waals surface area contributed by atoms with Gasteiger partial charge in [-0.3, -0.25) is 19.5 Å². The summed E-state index contributed by atoms with van der Waals surface area (Å²) in [7, 11) is 1.52. The summed E-state index contributed by atoms with van der Waals surface area (Å²) in [6.07, 6.45) is 1.70. The molecule has 1 atom stereocenters. The number of carbonyl (C=O) groups is 1. The third-order valence-electron chi connectivity index (χ3n) is 7.07. The Morgan fingerprint density at radius 3 is 2.42 bits per heavy atom. The Labute approximate surface area is 262 Å². The maximum Gasteiger partial charge on any atom is 0.338 e. The van der Waals surface area contributed by atoms with Gasteiger partial charge in [-0.1, -0.05) is 35.6 Å². The van der Waals surface area contributed by atoms with Crippen LogP contribution in [0, 0.1) is 10.1 Å². The van der Waals surface area contributed by atoms with E-state index in [0.29, 0.717) is 55.6 Å². The van der Waals surface area contributed by atoms with Gasteiger partial charge in [-0.25, -0.2) is 9.79 Å². The lowest BCUT2D eigenvalue weighted by Gasteiger charge is -2.24. The summed E-state index contributed by atoms with van der Waals surface area (Å²) in [6.45, 7) is 6.15. The normalized spacial score (nSPS) is 14.4. The highest BCUT2D eigenvalue weighted by Gasteiger charge is 2.33. The molecule has 12 heteroatoms. The summed E-state index contributed by atoms with van der Waals surface area (Å²) >= 11 is 1.20. The second-order valence-corrected chi connectivity index (χ2v) is 10.9. The van der Waals surface area contributed by atoms with Crippen LogP contribution in [0.4, 0.5) is 5.69 Å². The Kier molecular flexibility index (Phi) is 9.43. The highest BCUT2D eigenvalue weighted by molar-refractivity contribution is 7.07. The number of rotatable bonds is 11. The maximum absolute atomic E-state index is 14.1. The number of thiazole rings is 1. The molecule has 0 aliphatic carbocycles. The van der Waals surface area contributed by atoms with Gasteiger partial charge in [0.2, 0.25) is 0 Å². The molecule has 1 aliphatic rings. The number of non-ortho nitro benzene ring substituents is 1. The van der Waals surface area contributed by atoms with E-state index in [0.717, 1.165) is 0 Å². The van der Waals surface area contributed by atoms with Crippen LogP contribution >= 0.6 is 11.3 Å². The zero-order valence-corrected chi connectivity index (χ0v) is 26.0. The van der Waals surface area contributed by atoms with E-state index in [9.17, 15) is 19.7 Å². The van der Waals surface area contributed by atoms with Crippen LogP contribution in [0.25, 0.3) is 6.08 Å². The average molecular weight is 630 g/mol. The van der Waals surface area contributed by atoms with Crippen LogP contribution in [-0.4, -0.2) is 35.8 Å². The van der Waals surface area contributed by atoms with Crippen LogP contribution in [0.15, 0.2) is 87.8 Å². The van der Waals surface area contributed by atoms with Crippen molar-refractivity contribution >= 4 is 29.1 Å². The first-order valence-electron chi connectivity index (χ1n) is 14.2. The van der Waals surface area contributed by atoms with Crippen molar-refractivity contribution in [2.45, 2.75) is 33.4 Å². The fraction of sp³-hybridized carbons (Fsp3) is 0.242. The highest BCUT2D eigenvalue weighted by Crippen LogP contribution is 2.34. The molecule has 232 valence electrons. The second-order valence-electron chi connectivity index (χ2n) is 9.90. The minimum Gasteiger partial charge on any atom is -0.494 e. The van der Waals surface area contributed by atoms with Gasteiger partial charge in [0.05, 0.1) is 47.1 Å². The largest absolute Gasteiger partial charge is 0.494 e. The highest BCUT2D eigenvalue weighted by atomic mass is 32.1. The SMILES string of the molecule is CCOC(=O)C1=C(C)N=c2s/c(=C\c3cccc(OC)c3OCc3ccc([N+](=O)[O-])cc3)c(=O)n2[C@H]1c1ccc(OCC)cc1. The van der Waals surface area contributed by atoms with Gasteiger partial charge in [-0.2, -0.15) is 0 Å². The molecule has 45 heavy (non-hydrogen) atoms. The number of esters is 1. The van der Waals surface area contributed by atoms with Crippen LogP contribution in [-0.2, 0) is 16.1 Å². The van der Waals surface area contributed by atoms with Crippen LogP contribution in [0.3, 0.4) is 0 Å². The molecule has 1 aromatic heterocycles. The molecule has 4 aromatic rings. The Morgan fingerprint density at radius 1 is 1.04 bits per heavy atom. The Bertz CT molecular complexity index is 1940. The number of benzene rings is 3. The molecule has 3 aromatic carbocycles.